The van der Waals surface area contributed by atoms with E-state index in [9.17, 15) is 16.8 Å². The molecule has 8 heteroatoms. The van der Waals surface area contributed by atoms with Crippen molar-refractivity contribution in [2.45, 2.75) is 9.79 Å². The largest absolute Gasteiger partial charge is 0.377 e. The van der Waals surface area contributed by atoms with Crippen molar-refractivity contribution in [3.63, 3.8) is 0 Å². The molecule has 4 rings (SSSR count). The average Bonchev–Trinajstić information content (AvgIpc) is 2.81. The summed E-state index contributed by atoms with van der Waals surface area (Å²) >= 11 is 0. The fourth-order valence-electron chi connectivity index (χ4n) is 4.29. The van der Waals surface area contributed by atoms with Crippen LogP contribution in [0.2, 0.25) is 0 Å². The second-order valence-corrected chi connectivity index (χ2v) is 12.8. The highest BCUT2D eigenvalue weighted by Gasteiger charge is 2.25. The van der Waals surface area contributed by atoms with E-state index in [0.717, 1.165) is 22.1 Å². The minimum Gasteiger partial charge on any atom is -0.377 e. The zero-order valence-electron chi connectivity index (χ0n) is 19.7. The van der Waals surface area contributed by atoms with Gasteiger partial charge in [0.2, 0.25) is 0 Å². The molecule has 0 aliphatic heterocycles. The number of fused-ring (bicyclic) bond motifs is 2. The second-order valence-electron chi connectivity index (χ2n) is 8.68. The molecule has 0 aromatic heterocycles. The van der Waals surface area contributed by atoms with E-state index in [0.29, 0.717) is 10.8 Å². The highest BCUT2D eigenvalue weighted by Crippen LogP contribution is 2.33. The van der Waals surface area contributed by atoms with Gasteiger partial charge in [-0.25, -0.2) is 16.8 Å². The average molecular weight is 497 g/mol. The van der Waals surface area contributed by atoms with Gasteiger partial charge in [0.15, 0.2) is 19.7 Å². The maximum absolute atomic E-state index is 13.3. The van der Waals surface area contributed by atoms with Crippen LogP contribution in [0.3, 0.4) is 0 Å². The van der Waals surface area contributed by atoms with Gasteiger partial charge in [0.05, 0.1) is 21.3 Å². The zero-order chi connectivity index (χ0) is 24.7. The monoisotopic (exact) mass is 496 g/mol. The number of sulfone groups is 2. The van der Waals surface area contributed by atoms with Crippen LogP contribution in [-0.2, 0) is 19.7 Å². The van der Waals surface area contributed by atoms with Crippen LogP contribution in [0, 0.1) is 0 Å². The highest BCUT2D eigenvalue weighted by atomic mass is 32.2. The van der Waals surface area contributed by atoms with Crippen molar-refractivity contribution in [3.05, 3.63) is 72.8 Å². The number of hydrogen-bond acceptors (Lipinski definition) is 6. The van der Waals surface area contributed by atoms with Crippen molar-refractivity contribution in [2.24, 2.45) is 0 Å². The van der Waals surface area contributed by atoms with Gasteiger partial charge in [0.1, 0.15) is 0 Å². The lowest BCUT2D eigenvalue weighted by Gasteiger charge is -2.17. The Kier molecular flexibility index (Phi) is 6.31. The molecule has 0 saturated heterocycles. The third-order valence-corrected chi connectivity index (χ3v) is 9.77. The van der Waals surface area contributed by atoms with E-state index in [2.05, 4.69) is 0 Å². The van der Waals surface area contributed by atoms with Crippen LogP contribution < -0.4 is 9.80 Å². The lowest BCUT2D eigenvalue weighted by atomic mass is 10.1. The molecule has 0 aliphatic rings. The molecule has 0 fully saturated rings. The van der Waals surface area contributed by atoms with Crippen LogP contribution in [0.1, 0.15) is 0 Å². The minimum atomic E-state index is -3.85. The highest BCUT2D eigenvalue weighted by molar-refractivity contribution is 7.95. The molecule has 0 radical (unpaired) electrons. The van der Waals surface area contributed by atoms with Crippen molar-refractivity contribution < 1.29 is 16.8 Å². The smallest absolute Gasteiger partial charge is 0.180 e. The molecule has 0 atom stereocenters. The van der Waals surface area contributed by atoms with Gasteiger partial charge in [-0.3, -0.25) is 0 Å². The van der Waals surface area contributed by atoms with Crippen molar-refractivity contribution >= 4 is 52.6 Å². The molecular formula is C26H28N2O4S2. The molecule has 4 aromatic carbocycles. The Morgan fingerprint density at radius 3 is 1.18 bits per heavy atom. The first-order valence-corrected chi connectivity index (χ1v) is 14.2. The van der Waals surface area contributed by atoms with Crippen LogP contribution in [0.4, 0.5) is 11.4 Å². The van der Waals surface area contributed by atoms with Gasteiger partial charge in [-0.05, 0) is 24.3 Å². The van der Waals surface area contributed by atoms with Crippen molar-refractivity contribution in [2.75, 3.05) is 49.5 Å². The van der Waals surface area contributed by atoms with E-state index in [-0.39, 0.29) is 9.79 Å². The summed E-state index contributed by atoms with van der Waals surface area (Å²) in [5.41, 5.74) is 1.80. The molecule has 34 heavy (non-hydrogen) atoms. The third-order valence-electron chi connectivity index (χ3n) is 5.97. The van der Waals surface area contributed by atoms with E-state index in [1.807, 2.05) is 74.4 Å². The maximum Gasteiger partial charge on any atom is 0.180 e. The third kappa shape index (κ3) is 4.35. The van der Waals surface area contributed by atoms with E-state index in [4.69, 9.17) is 0 Å². The molecular weight excluding hydrogens is 468 g/mol. The minimum absolute atomic E-state index is 0.150. The molecule has 0 spiro atoms. The molecule has 0 bridgehead atoms. The van der Waals surface area contributed by atoms with Crippen molar-refractivity contribution in [1.82, 2.24) is 0 Å². The first-order valence-electron chi connectivity index (χ1n) is 10.9. The van der Waals surface area contributed by atoms with Crippen LogP contribution in [-0.4, -0.2) is 56.5 Å². The fourth-order valence-corrected chi connectivity index (χ4v) is 8.08. The van der Waals surface area contributed by atoms with Gasteiger partial charge in [0, 0.05) is 61.1 Å². The van der Waals surface area contributed by atoms with Crippen LogP contribution in [0.25, 0.3) is 21.5 Å². The zero-order valence-corrected chi connectivity index (χ0v) is 21.3. The number of benzene rings is 4. The SMILES string of the molecule is CN(C)c1cccc2c(S(=O)(=O)CCS(=O)(=O)c3cccc4c(N(C)C)cccc34)cccc12. The summed E-state index contributed by atoms with van der Waals surface area (Å²) in [5, 5.41) is 2.79. The van der Waals surface area contributed by atoms with Crippen LogP contribution in [0.5, 0.6) is 0 Å². The first kappa shape index (κ1) is 24.0. The van der Waals surface area contributed by atoms with Gasteiger partial charge in [-0.15, -0.1) is 0 Å². The molecule has 0 amide bonds. The van der Waals surface area contributed by atoms with Crippen molar-refractivity contribution in [3.8, 4) is 0 Å². The lowest BCUT2D eigenvalue weighted by molar-refractivity contribution is 0.588. The Bertz CT molecular complexity index is 1470. The van der Waals surface area contributed by atoms with Gasteiger partial charge < -0.3 is 9.80 Å². The van der Waals surface area contributed by atoms with E-state index in [1.54, 1.807) is 36.4 Å². The molecule has 4 aromatic rings. The summed E-state index contributed by atoms with van der Waals surface area (Å²) in [4.78, 5) is 4.14. The molecule has 0 N–H and O–H groups in total. The number of rotatable bonds is 7. The summed E-state index contributed by atoms with van der Waals surface area (Å²) in [6.07, 6.45) is 0. The van der Waals surface area contributed by atoms with Gasteiger partial charge in [-0.1, -0.05) is 48.5 Å². The Morgan fingerprint density at radius 2 is 0.824 bits per heavy atom. The summed E-state index contributed by atoms with van der Waals surface area (Å²) in [6.45, 7) is 0. The van der Waals surface area contributed by atoms with Gasteiger partial charge in [-0.2, -0.15) is 0 Å². The molecule has 6 nitrogen and oxygen atoms in total. The molecule has 0 heterocycles. The Labute approximate surface area is 201 Å². The second kappa shape index (κ2) is 8.92. The Morgan fingerprint density at radius 1 is 0.500 bits per heavy atom. The maximum atomic E-state index is 13.3. The summed E-state index contributed by atoms with van der Waals surface area (Å²) < 4.78 is 53.3. The van der Waals surface area contributed by atoms with E-state index < -0.39 is 31.2 Å². The van der Waals surface area contributed by atoms with E-state index >= 15 is 0 Å². The van der Waals surface area contributed by atoms with Crippen molar-refractivity contribution in [1.29, 1.82) is 0 Å². The quantitative estimate of drug-likeness (QED) is 0.378. The first-order chi connectivity index (χ1) is 16.0. The molecule has 0 unspecified atom stereocenters. The van der Waals surface area contributed by atoms with Crippen LogP contribution >= 0.6 is 0 Å². The fraction of sp³-hybridized carbons (Fsp3) is 0.231. The number of anilines is 2. The van der Waals surface area contributed by atoms with Gasteiger partial charge in [0.25, 0.3) is 0 Å². The number of hydrogen-bond donors (Lipinski definition) is 0. The number of nitrogens with zero attached hydrogens (tertiary/aromatic N) is 2. The predicted molar refractivity (Wildman–Crippen MR) is 141 cm³/mol. The summed E-state index contributed by atoms with van der Waals surface area (Å²) in [6, 6.07) is 21.2. The standard InChI is InChI=1S/C26H28N2O4S2/c1-27(2)23-13-5-11-21-19(23)9-7-15-25(21)33(29,30)17-18-34(31,32)26-16-8-10-20-22(26)12-6-14-24(20)28(3)4/h5-16H,17-18H2,1-4H3. The Balaban J connectivity index is 1.72. The lowest BCUT2D eigenvalue weighted by Crippen LogP contribution is -2.18. The predicted octanol–water partition coefficient (Wildman–Crippen LogP) is 4.37. The van der Waals surface area contributed by atoms with Crippen LogP contribution in [0.15, 0.2) is 82.6 Å². The van der Waals surface area contributed by atoms with Gasteiger partial charge >= 0.3 is 0 Å². The molecule has 0 saturated carbocycles. The Hall–Kier alpha value is -3.10. The normalized spacial score (nSPS) is 12.2. The molecule has 0 aliphatic carbocycles. The molecule has 178 valence electrons. The summed E-state index contributed by atoms with van der Waals surface area (Å²) in [5.74, 6) is -0.991. The van der Waals surface area contributed by atoms with E-state index in [1.165, 1.54) is 0 Å². The summed E-state index contributed by atoms with van der Waals surface area (Å²) in [7, 11) is -0.114. The topological polar surface area (TPSA) is 74.8 Å².